The van der Waals surface area contributed by atoms with Crippen LogP contribution in [-0.4, -0.2) is 19.9 Å². The summed E-state index contributed by atoms with van der Waals surface area (Å²) in [4.78, 5) is 3.74. The van der Waals surface area contributed by atoms with E-state index in [0.29, 0.717) is 0 Å². The van der Waals surface area contributed by atoms with E-state index >= 15 is 0 Å². The van der Waals surface area contributed by atoms with E-state index in [1.165, 1.54) is 29.2 Å². The van der Waals surface area contributed by atoms with Crippen molar-refractivity contribution in [2.24, 2.45) is 0 Å². The van der Waals surface area contributed by atoms with Gasteiger partial charge in [0.1, 0.15) is 12.9 Å². The molecule has 0 aliphatic rings. The van der Waals surface area contributed by atoms with Crippen molar-refractivity contribution in [2.45, 2.75) is 19.3 Å². The molecule has 0 unspecified atom stereocenters. The Hall–Kier alpha value is -1.89. The molecule has 7 heteroatoms. The van der Waals surface area contributed by atoms with E-state index in [9.17, 15) is 13.2 Å². The Balaban J connectivity index is 2.35. The Morgan fingerprint density at radius 3 is 2.61 bits per heavy atom. The Morgan fingerprint density at radius 2 is 1.94 bits per heavy atom. The van der Waals surface area contributed by atoms with Gasteiger partial charge in [0.15, 0.2) is 5.82 Å². The van der Waals surface area contributed by atoms with E-state index in [-0.39, 0.29) is 24.5 Å². The standard InChI is InChI=1S/C11H10F3N3O/c12-11(13,14)9-4-2-1-3-8(9)5-17-10(6-18)15-7-16-17/h1-4,7,18H,5-6H2. The zero-order valence-electron chi connectivity index (χ0n) is 9.22. The maximum Gasteiger partial charge on any atom is 0.416 e. The molecule has 0 fully saturated rings. The maximum absolute atomic E-state index is 12.8. The lowest BCUT2D eigenvalue weighted by Gasteiger charge is -2.13. The van der Waals surface area contributed by atoms with Gasteiger partial charge < -0.3 is 5.11 Å². The summed E-state index contributed by atoms with van der Waals surface area (Å²) in [6.45, 7) is -0.445. The maximum atomic E-state index is 12.8. The molecule has 1 aromatic carbocycles. The fourth-order valence-corrected chi connectivity index (χ4v) is 1.64. The first-order valence-electron chi connectivity index (χ1n) is 5.15. The number of nitrogens with zero attached hydrogens (tertiary/aromatic N) is 3. The first-order valence-corrected chi connectivity index (χ1v) is 5.15. The highest BCUT2D eigenvalue weighted by molar-refractivity contribution is 5.29. The fourth-order valence-electron chi connectivity index (χ4n) is 1.64. The molecule has 0 saturated heterocycles. The van der Waals surface area contributed by atoms with Crippen LogP contribution in [0.2, 0.25) is 0 Å². The lowest BCUT2D eigenvalue weighted by Crippen LogP contribution is -2.13. The summed E-state index contributed by atoms with van der Waals surface area (Å²) in [5.41, 5.74) is -0.616. The predicted molar refractivity (Wildman–Crippen MR) is 56.5 cm³/mol. The molecule has 4 nitrogen and oxygen atoms in total. The van der Waals surface area contributed by atoms with Crippen molar-refractivity contribution in [1.29, 1.82) is 0 Å². The second kappa shape index (κ2) is 4.77. The number of aliphatic hydroxyl groups excluding tert-OH is 1. The average molecular weight is 257 g/mol. The van der Waals surface area contributed by atoms with Crippen LogP contribution in [0.15, 0.2) is 30.6 Å². The molecular weight excluding hydrogens is 247 g/mol. The van der Waals surface area contributed by atoms with Gasteiger partial charge in [-0.3, -0.25) is 0 Å². The second-order valence-electron chi connectivity index (χ2n) is 3.65. The fraction of sp³-hybridized carbons (Fsp3) is 0.273. The van der Waals surface area contributed by atoms with Gasteiger partial charge in [0.25, 0.3) is 0 Å². The summed E-state index contributed by atoms with van der Waals surface area (Å²) >= 11 is 0. The van der Waals surface area contributed by atoms with Crippen molar-refractivity contribution in [3.8, 4) is 0 Å². The van der Waals surface area contributed by atoms with Crippen LogP contribution in [0.3, 0.4) is 0 Å². The Bertz CT molecular complexity index is 536. The van der Waals surface area contributed by atoms with E-state index in [1.807, 2.05) is 0 Å². The van der Waals surface area contributed by atoms with E-state index in [2.05, 4.69) is 10.1 Å². The molecule has 0 radical (unpaired) electrons. The predicted octanol–water partition coefficient (Wildman–Crippen LogP) is 1.84. The molecule has 0 bridgehead atoms. The third kappa shape index (κ3) is 2.51. The monoisotopic (exact) mass is 257 g/mol. The minimum absolute atomic E-state index is 0.0778. The average Bonchev–Trinajstić information content (AvgIpc) is 2.75. The summed E-state index contributed by atoms with van der Waals surface area (Å²) in [5, 5.41) is 12.8. The zero-order valence-corrected chi connectivity index (χ0v) is 9.22. The third-order valence-corrected chi connectivity index (χ3v) is 2.48. The van der Waals surface area contributed by atoms with Gasteiger partial charge in [0, 0.05) is 0 Å². The van der Waals surface area contributed by atoms with Crippen LogP contribution in [0, 0.1) is 0 Å². The topological polar surface area (TPSA) is 50.9 Å². The van der Waals surface area contributed by atoms with Crippen molar-refractivity contribution in [2.75, 3.05) is 0 Å². The number of alkyl halides is 3. The molecule has 1 N–H and O–H groups in total. The van der Waals surface area contributed by atoms with Crippen molar-refractivity contribution in [3.63, 3.8) is 0 Å². The van der Waals surface area contributed by atoms with Crippen LogP contribution < -0.4 is 0 Å². The number of hydrogen-bond donors (Lipinski definition) is 1. The Kier molecular flexibility index (Phi) is 3.33. The molecule has 0 aliphatic carbocycles. The molecule has 0 atom stereocenters. The molecule has 0 spiro atoms. The van der Waals surface area contributed by atoms with Crippen LogP contribution in [0.5, 0.6) is 0 Å². The third-order valence-electron chi connectivity index (χ3n) is 2.48. The van der Waals surface area contributed by atoms with E-state index in [1.54, 1.807) is 0 Å². The van der Waals surface area contributed by atoms with Crippen molar-refractivity contribution in [1.82, 2.24) is 14.8 Å². The summed E-state index contributed by atoms with van der Waals surface area (Å²) in [6.07, 6.45) is -3.21. The highest BCUT2D eigenvalue weighted by Crippen LogP contribution is 2.32. The van der Waals surface area contributed by atoms with Crippen LogP contribution in [0.1, 0.15) is 17.0 Å². The Labute approximate surface area is 101 Å². The molecular formula is C11H10F3N3O. The van der Waals surface area contributed by atoms with Crippen LogP contribution in [-0.2, 0) is 19.3 Å². The van der Waals surface area contributed by atoms with Crippen molar-refractivity contribution < 1.29 is 18.3 Å². The van der Waals surface area contributed by atoms with E-state index < -0.39 is 11.7 Å². The van der Waals surface area contributed by atoms with Gasteiger partial charge in [-0.15, -0.1) is 0 Å². The Morgan fingerprint density at radius 1 is 1.22 bits per heavy atom. The van der Waals surface area contributed by atoms with Crippen molar-refractivity contribution in [3.05, 3.63) is 47.5 Å². The van der Waals surface area contributed by atoms with Gasteiger partial charge >= 0.3 is 6.18 Å². The zero-order chi connectivity index (χ0) is 13.2. The van der Waals surface area contributed by atoms with Gasteiger partial charge in [-0.1, -0.05) is 18.2 Å². The first kappa shape index (κ1) is 12.6. The highest BCUT2D eigenvalue weighted by atomic mass is 19.4. The summed E-state index contributed by atoms with van der Waals surface area (Å²) in [5.74, 6) is 0.229. The number of benzene rings is 1. The van der Waals surface area contributed by atoms with Gasteiger partial charge in [-0.05, 0) is 11.6 Å². The van der Waals surface area contributed by atoms with Gasteiger partial charge in [0.2, 0.25) is 0 Å². The number of aromatic nitrogens is 3. The van der Waals surface area contributed by atoms with Gasteiger partial charge in [-0.25, -0.2) is 9.67 Å². The first-order chi connectivity index (χ1) is 8.52. The number of aliphatic hydroxyl groups is 1. The molecule has 0 amide bonds. The quantitative estimate of drug-likeness (QED) is 0.912. The normalized spacial score (nSPS) is 11.8. The number of rotatable bonds is 3. The molecule has 18 heavy (non-hydrogen) atoms. The van der Waals surface area contributed by atoms with E-state index in [4.69, 9.17) is 5.11 Å². The molecule has 2 rings (SSSR count). The molecule has 2 aromatic rings. The summed E-state index contributed by atoms with van der Waals surface area (Å²) in [7, 11) is 0. The minimum atomic E-state index is -4.41. The molecule has 0 aliphatic heterocycles. The second-order valence-corrected chi connectivity index (χ2v) is 3.65. The number of hydrogen-bond acceptors (Lipinski definition) is 3. The SMILES string of the molecule is OCc1ncnn1Cc1ccccc1C(F)(F)F. The largest absolute Gasteiger partial charge is 0.416 e. The van der Waals surface area contributed by atoms with Crippen LogP contribution in [0.4, 0.5) is 13.2 Å². The van der Waals surface area contributed by atoms with Gasteiger partial charge in [-0.2, -0.15) is 18.3 Å². The van der Waals surface area contributed by atoms with Crippen molar-refractivity contribution >= 4 is 0 Å². The van der Waals surface area contributed by atoms with E-state index in [0.717, 1.165) is 6.07 Å². The molecule has 0 saturated carbocycles. The molecule has 1 heterocycles. The van der Waals surface area contributed by atoms with Crippen LogP contribution >= 0.6 is 0 Å². The smallest absolute Gasteiger partial charge is 0.388 e. The lowest BCUT2D eigenvalue weighted by atomic mass is 10.1. The highest BCUT2D eigenvalue weighted by Gasteiger charge is 2.33. The van der Waals surface area contributed by atoms with Gasteiger partial charge in [0.05, 0.1) is 12.1 Å². The summed E-state index contributed by atoms with van der Waals surface area (Å²) < 4.78 is 39.5. The molecule has 1 aromatic heterocycles. The summed E-state index contributed by atoms with van der Waals surface area (Å²) in [6, 6.07) is 5.26. The van der Waals surface area contributed by atoms with Crippen LogP contribution in [0.25, 0.3) is 0 Å². The number of halogens is 3. The molecule has 96 valence electrons. The lowest BCUT2D eigenvalue weighted by molar-refractivity contribution is -0.138. The minimum Gasteiger partial charge on any atom is -0.388 e.